The molecule has 7 heteroatoms. The van der Waals surface area contributed by atoms with Gasteiger partial charge in [-0.1, -0.05) is 12.8 Å². The first-order chi connectivity index (χ1) is 12.6. The number of nitrogens with zero attached hydrogens (tertiary/aromatic N) is 2. The number of ether oxygens (including phenoxy) is 1. The summed E-state index contributed by atoms with van der Waals surface area (Å²) < 4.78 is 5.18. The lowest BCUT2D eigenvalue weighted by Crippen LogP contribution is -2.35. The Hall–Kier alpha value is -1.72. The van der Waals surface area contributed by atoms with Crippen molar-refractivity contribution in [2.24, 2.45) is 0 Å². The predicted molar refractivity (Wildman–Crippen MR) is 103 cm³/mol. The van der Waals surface area contributed by atoms with Crippen molar-refractivity contribution in [2.75, 3.05) is 26.3 Å². The number of nitrogens with one attached hydrogen (secondary N) is 1. The van der Waals surface area contributed by atoms with Crippen molar-refractivity contribution in [1.29, 1.82) is 0 Å². The molecular formula is C19H25N3O3S. The number of fused-ring (bicyclic) bond motifs is 3. The standard InChI is InChI=1S/C19H25N3O3S/c1-3-9-25-12-13(23)10-22(4-2)11-16-20-18(24)17-14-7-5-6-8-15(14)26-19(17)21-16/h1,13,23H,4-12H2,2H3,(H,20,21,24)/t13-/m0/s1. The Balaban J connectivity index is 1.73. The molecule has 0 radical (unpaired) electrons. The zero-order valence-electron chi connectivity index (χ0n) is 15.1. The quantitative estimate of drug-likeness (QED) is 0.542. The lowest BCUT2D eigenvalue weighted by Gasteiger charge is -2.22. The van der Waals surface area contributed by atoms with Crippen LogP contribution in [0, 0.1) is 12.3 Å². The minimum absolute atomic E-state index is 0.0432. The van der Waals surface area contributed by atoms with E-state index in [1.807, 2.05) is 11.8 Å². The average Bonchev–Trinajstić information content (AvgIpc) is 3.00. The number of aliphatic hydroxyl groups is 1. The number of likely N-dealkylation sites (N-methyl/N-ethyl adjacent to an activating group) is 1. The Morgan fingerprint density at radius 2 is 2.27 bits per heavy atom. The molecule has 2 aromatic rings. The van der Waals surface area contributed by atoms with Crippen molar-refractivity contribution in [3.05, 3.63) is 26.6 Å². The Morgan fingerprint density at radius 1 is 1.46 bits per heavy atom. The van der Waals surface area contributed by atoms with Crippen LogP contribution in [-0.2, 0) is 24.1 Å². The van der Waals surface area contributed by atoms with Gasteiger partial charge in [-0.05, 0) is 37.8 Å². The Morgan fingerprint density at radius 3 is 3.04 bits per heavy atom. The number of rotatable bonds is 8. The molecule has 1 aliphatic rings. The van der Waals surface area contributed by atoms with Gasteiger partial charge in [0.05, 0.1) is 24.6 Å². The molecule has 140 valence electrons. The first kappa shape index (κ1) is 19.1. The van der Waals surface area contributed by atoms with Crippen molar-refractivity contribution in [3.63, 3.8) is 0 Å². The molecule has 0 unspecified atom stereocenters. The van der Waals surface area contributed by atoms with E-state index in [-0.39, 0.29) is 18.8 Å². The third-order valence-electron chi connectivity index (χ3n) is 4.66. The molecule has 0 amide bonds. The maximum Gasteiger partial charge on any atom is 0.259 e. The van der Waals surface area contributed by atoms with Crippen LogP contribution in [-0.4, -0.2) is 52.4 Å². The SMILES string of the molecule is C#CCOC[C@@H](O)CN(CC)Cc1nc2sc3c(c2c(=O)[nH]1)CCCC3. The first-order valence-electron chi connectivity index (χ1n) is 9.07. The normalized spacial score (nSPS) is 15.2. The molecule has 26 heavy (non-hydrogen) atoms. The minimum Gasteiger partial charge on any atom is -0.389 e. The van der Waals surface area contributed by atoms with Crippen LogP contribution in [0.5, 0.6) is 0 Å². The van der Waals surface area contributed by atoms with Gasteiger partial charge in [0.25, 0.3) is 5.56 Å². The number of H-pyrrole nitrogens is 1. The van der Waals surface area contributed by atoms with E-state index in [9.17, 15) is 9.90 Å². The fourth-order valence-electron chi connectivity index (χ4n) is 3.41. The third kappa shape index (κ3) is 4.33. The number of aryl methyl sites for hydroxylation is 2. The number of aromatic amines is 1. The molecule has 2 N–H and O–H groups in total. The van der Waals surface area contributed by atoms with E-state index < -0.39 is 6.10 Å². The number of thiophene rings is 1. The summed E-state index contributed by atoms with van der Waals surface area (Å²) in [5.41, 5.74) is 1.16. The molecule has 3 rings (SSSR count). The van der Waals surface area contributed by atoms with Crippen LogP contribution in [0.2, 0.25) is 0 Å². The maximum absolute atomic E-state index is 12.6. The van der Waals surface area contributed by atoms with Crippen molar-refractivity contribution in [3.8, 4) is 12.3 Å². The lowest BCUT2D eigenvalue weighted by molar-refractivity contribution is 0.0267. The second-order valence-corrected chi connectivity index (χ2v) is 7.69. The van der Waals surface area contributed by atoms with E-state index in [1.54, 1.807) is 11.3 Å². The van der Waals surface area contributed by atoms with Crippen LogP contribution in [0.4, 0.5) is 0 Å². The highest BCUT2D eigenvalue weighted by Crippen LogP contribution is 2.33. The van der Waals surface area contributed by atoms with Gasteiger partial charge >= 0.3 is 0 Å². The van der Waals surface area contributed by atoms with E-state index in [0.29, 0.717) is 18.9 Å². The van der Waals surface area contributed by atoms with Gasteiger partial charge in [0.2, 0.25) is 0 Å². The molecule has 0 aliphatic heterocycles. The summed E-state index contributed by atoms with van der Waals surface area (Å²) in [7, 11) is 0. The largest absolute Gasteiger partial charge is 0.389 e. The van der Waals surface area contributed by atoms with Crippen molar-refractivity contribution in [1.82, 2.24) is 14.9 Å². The van der Waals surface area contributed by atoms with Gasteiger partial charge in [0.1, 0.15) is 17.3 Å². The number of hydrogen-bond donors (Lipinski definition) is 2. The summed E-state index contributed by atoms with van der Waals surface area (Å²) in [6, 6.07) is 0. The Bertz CT molecular complexity index is 852. The molecule has 1 aliphatic carbocycles. The van der Waals surface area contributed by atoms with Crippen molar-refractivity contribution < 1.29 is 9.84 Å². The number of aliphatic hydroxyl groups excluding tert-OH is 1. The van der Waals surface area contributed by atoms with Crippen LogP contribution >= 0.6 is 11.3 Å². The summed E-state index contributed by atoms with van der Waals surface area (Å²) in [5.74, 6) is 3.02. The van der Waals surface area contributed by atoms with E-state index >= 15 is 0 Å². The zero-order chi connectivity index (χ0) is 18.5. The number of aromatic nitrogens is 2. The fraction of sp³-hybridized carbons (Fsp3) is 0.579. The summed E-state index contributed by atoms with van der Waals surface area (Å²) >= 11 is 1.65. The van der Waals surface area contributed by atoms with Crippen LogP contribution in [0.25, 0.3) is 10.2 Å². The van der Waals surface area contributed by atoms with Crippen molar-refractivity contribution >= 4 is 21.6 Å². The van der Waals surface area contributed by atoms with Gasteiger partial charge in [-0.25, -0.2) is 4.98 Å². The highest BCUT2D eigenvalue weighted by Gasteiger charge is 2.20. The Labute approximate surface area is 157 Å². The summed E-state index contributed by atoms with van der Waals surface area (Å²) in [5, 5.41) is 10.8. The van der Waals surface area contributed by atoms with Gasteiger partial charge in [-0.2, -0.15) is 0 Å². The summed E-state index contributed by atoms with van der Waals surface area (Å²) in [6.07, 6.45) is 8.86. The van der Waals surface area contributed by atoms with Gasteiger partial charge in [0, 0.05) is 11.4 Å². The van der Waals surface area contributed by atoms with E-state index in [4.69, 9.17) is 16.1 Å². The van der Waals surface area contributed by atoms with E-state index in [0.717, 1.165) is 36.0 Å². The number of hydrogen-bond acceptors (Lipinski definition) is 6. The van der Waals surface area contributed by atoms with Crippen LogP contribution in [0.3, 0.4) is 0 Å². The predicted octanol–water partition coefficient (Wildman–Crippen LogP) is 1.70. The molecule has 2 aromatic heterocycles. The molecule has 0 bridgehead atoms. The van der Waals surface area contributed by atoms with E-state index in [2.05, 4.69) is 10.9 Å². The van der Waals surface area contributed by atoms with Crippen LogP contribution in [0.1, 0.15) is 36.0 Å². The van der Waals surface area contributed by atoms with E-state index in [1.165, 1.54) is 16.9 Å². The highest BCUT2D eigenvalue weighted by atomic mass is 32.1. The Kier molecular flexibility index (Phi) is 6.43. The van der Waals surface area contributed by atoms with Gasteiger partial charge in [-0.15, -0.1) is 17.8 Å². The smallest absolute Gasteiger partial charge is 0.259 e. The average molecular weight is 375 g/mol. The number of terminal acetylenes is 1. The molecule has 0 fully saturated rings. The lowest BCUT2D eigenvalue weighted by atomic mass is 9.97. The van der Waals surface area contributed by atoms with Gasteiger partial charge in [-0.3, -0.25) is 9.69 Å². The molecule has 0 saturated heterocycles. The molecule has 6 nitrogen and oxygen atoms in total. The molecule has 0 aromatic carbocycles. The monoisotopic (exact) mass is 375 g/mol. The molecule has 0 saturated carbocycles. The van der Waals surface area contributed by atoms with Gasteiger partial charge in [0.15, 0.2) is 0 Å². The zero-order valence-corrected chi connectivity index (χ0v) is 15.9. The van der Waals surface area contributed by atoms with Crippen LogP contribution in [0.15, 0.2) is 4.79 Å². The first-order valence-corrected chi connectivity index (χ1v) is 9.89. The topological polar surface area (TPSA) is 78.5 Å². The van der Waals surface area contributed by atoms with Crippen LogP contribution < -0.4 is 5.56 Å². The summed E-state index contributed by atoms with van der Waals surface area (Å²) in [4.78, 5) is 24.4. The molecule has 2 heterocycles. The molecule has 0 spiro atoms. The second-order valence-electron chi connectivity index (χ2n) is 6.60. The molecular weight excluding hydrogens is 350 g/mol. The highest BCUT2D eigenvalue weighted by molar-refractivity contribution is 7.18. The minimum atomic E-state index is -0.632. The fourth-order valence-corrected chi connectivity index (χ4v) is 4.69. The second kappa shape index (κ2) is 8.78. The molecule has 1 atom stereocenters. The van der Waals surface area contributed by atoms with Crippen molar-refractivity contribution in [2.45, 2.75) is 45.3 Å². The summed E-state index contributed by atoms with van der Waals surface area (Å²) in [6.45, 7) is 4.05. The maximum atomic E-state index is 12.6. The third-order valence-corrected chi connectivity index (χ3v) is 5.84. The van der Waals surface area contributed by atoms with Gasteiger partial charge < -0.3 is 14.8 Å².